The highest BCUT2D eigenvalue weighted by molar-refractivity contribution is 6.05. The highest BCUT2D eigenvalue weighted by Gasteiger charge is 2.12. The zero-order valence-electron chi connectivity index (χ0n) is 11.2. The van der Waals surface area contributed by atoms with E-state index in [0.717, 1.165) is 0 Å². The van der Waals surface area contributed by atoms with Crippen LogP contribution in [0.25, 0.3) is 0 Å². The van der Waals surface area contributed by atoms with Crippen LogP contribution in [0, 0.1) is 29.6 Å². The van der Waals surface area contributed by atoms with Crippen molar-refractivity contribution in [1.82, 2.24) is 0 Å². The number of carbonyl (C=O) groups is 1. The van der Waals surface area contributed by atoms with E-state index in [2.05, 4.69) is 5.32 Å². The standard InChI is InChI=1S/C16H11N3O2/c1-10-14(3-2-4-15(10)20)16(21)19-13-6-5-11(8-17)12(7-13)9-18/h2-7,20H,1H3,(H,19,21). The molecular weight excluding hydrogens is 266 g/mol. The number of rotatable bonds is 2. The van der Waals surface area contributed by atoms with E-state index in [-0.39, 0.29) is 16.9 Å². The molecule has 0 bridgehead atoms. The van der Waals surface area contributed by atoms with Crippen LogP contribution in [-0.4, -0.2) is 11.0 Å². The van der Waals surface area contributed by atoms with Crippen molar-refractivity contribution >= 4 is 11.6 Å². The van der Waals surface area contributed by atoms with Gasteiger partial charge in [-0.15, -0.1) is 0 Å². The van der Waals surface area contributed by atoms with Gasteiger partial charge in [0.2, 0.25) is 0 Å². The van der Waals surface area contributed by atoms with Gasteiger partial charge in [-0.3, -0.25) is 4.79 Å². The van der Waals surface area contributed by atoms with Crippen molar-refractivity contribution in [3.05, 3.63) is 58.7 Å². The van der Waals surface area contributed by atoms with Gasteiger partial charge in [0.25, 0.3) is 5.91 Å². The van der Waals surface area contributed by atoms with Crippen LogP contribution < -0.4 is 5.32 Å². The second-order valence-corrected chi connectivity index (χ2v) is 4.39. The van der Waals surface area contributed by atoms with Gasteiger partial charge in [0.05, 0.1) is 11.1 Å². The van der Waals surface area contributed by atoms with Gasteiger partial charge in [0.15, 0.2) is 0 Å². The van der Waals surface area contributed by atoms with Crippen LogP contribution in [0.4, 0.5) is 5.69 Å². The minimum atomic E-state index is -0.392. The van der Waals surface area contributed by atoms with Crippen molar-refractivity contribution in [3.63, 3.8) is 0 Å². The lowest BCUT2D eigenvalue weighted by Crippen LogP contribution is -2.13. The number of nitriles is 2. The van der Waals surface area contributed by atoms with E-state index in [9.17, 15) is 9.90 Å². The molecule has 0 aliphatic rings. The number of hydrogen-bond acceptors (Lipinski definition) is 4. The number of amides is 1. The fourth-order valence-corrected chi connectivity index (χ4v) is 1.88. The first kappa shape index (κ1) is 14.1. The Labute approximate surface area is 121 Å². The first-order valence-corrected chi connectivity index (χ1v) is 6.11. The van der Waals surface area contributed by atoms with Crippen LogP contribution in [0.3, 0.4) is 0 Å². The third-order valence-corrected chi connectivity index (χ3v) is 3.07. The molecule has 0 spiro atoms. The molecule has 0 aliphatic carbocycles. The average Bonchev–Trinajstić information content (AvgIpc) is 2.49. The summed E-state index contributed by atoms with van der Waals surface area (Å²) in [6.07, 6.45) is 0. The van der Waals surface area contributed by atoms with Gasteiger partial charge in [0, 0.05) is 16.8 Å². The van der Waals surface area contributed by atoms with Crippen molar-refractivity contribution in [1.29, 1.82) is 10.5 Å². The second kappa shape index (κ2) is 5.77. The third-order valence-electron chi connectivity index (χ3n) is 3.07. The minimum Gasteiger partial charge on any atom is -0.508 e. The molecule has 0 heterocycles. The number of anilines is 1. The molecule has 0 atom stereocenters. The summed E-state index contributed by atoms with van der Waals surface area (Å²) < 4.78 is 0. The number of phenols is 1. The fourth-order valence-electron chi connectivity index (χ4n) is 1.88. The van der Waals surface area contributed by atoms with Crippen molar-refractivity contribution in [3.8, 4) is 17.9 Å². The minimum absolute atomic E-state index is 0.0418. The van der Waals surface area contributed by atoms with Crippen molar-refractivity contribution in [2.45, 2.75) is 6.92 Å². The third kappa shape index (κ3) is 2.83. The Morgan fingerprint density at radius 1 is 1.14 bits per heavy atom. The van der Waals surface area contributed by atoms with Crippen LogP contribution in [0.5, 0.6) is 5.75 Å². The van der Waals surface area contributed by atoms with Crippen LogP contribution in [0.15, 0.2) is 36.4 Å². The molecule has 21 heavy (non-hydrogen) atoms. The lowest BCUT2D eigenvalue weighted by atomic mass is 10.1. The Balaban J connectivity index is 2.31. The van der Waals surface area contributed by atoms with Gasteiger partial charge in [-0.1, -0.05) is 6.07 Å². The maximum atomic E-state index is 12.2. The highest BCUT2D eigenvalue weighted by atomic mass is 16.3. The number of nitrogens with one attached hydrogen (secondary N) is 1. The summed E-state index contributed by atoms with van der Waals surface area (Å²) in [5.41, 5.74) is 1.69. The zero-order chi connectivity index (χ0) is 15.4. The Kier molecular flexibility index (Phi) is 3.87. The molecule has 2 rings (SSSR count). The fraction of sp³-hybridized carbons (Fsp3) is 0.0625. The molecule has 1 amide bonds. The lowest BCUT2D eigenvalue weighted by Gasteiger charge is -2.09. The summed E-state index contributed by atoms with van der Waals surface area (Å²) in [5.74, 6) is -0.350. The molecule has 5 nitrogen and oxygen atoms in total. The van der Waals surface area contributed by atoms with Crippen LogP contribution >= 0.6 is 0 Å². The van der Waals surface area contributed by atoms with Crippen molar-refractivity contribution in [2.24, 2.45) is 0 Å². The highest BCUT2D eigenvalue weighted by Crippen LogP contribution is 2.21. The predicted octanol–water partition coefficient (Wildman–Crippen LogP) is 2.70. The predicted molar refractivity (Wildman–Crippen MR) is 76.7 cm³/mol. The van der Waals surface area contributed by atoms with E-state index >= 15 is 0 Å². The maximum Gasteiger partial charge on any atom is 0.256 e. The van der Waals surface area contributed by atoms with E-state index in [1.54, 1.807) is 25.1 Å². The summed E-state index contributed by atoms with van der Waals surface area (Å²) in [6, 6.07) is 13.0. The van der Waals surface area contributed by atoms with Gasteiger partial charge in [-0.25, -0.2) is 0 Å². The summed E-state index contributed by atoms with van der Waals surface area (Å²) >= 11 is 0. The summed E-state index contributed by atoms with van der Waals surface area (Å²) in [5, 5.41) is 30.1. The number of benzene rings is 2. The van der Waals surface area contributed by atoms with Crippen molar-refractivity contribution < 1.29 is 9.90 Å². The first-order valence-electron chi connectivity index (χ1n) is 6.11. The molecule has 2 aromatic carbocycles. The van der Waals surface area contributed by atoms with Crippen LogP contribution in [0.1, 0.15) is 27.0 Å². The molecule has 0 saturated carbocycles. The smallest absolute Gasteiger partial charge is 0.256 e. The Morgan fingerprint density at radius 2 is 1.86 bits per heavy atom. The zero-order valence-corrected chi connectivity index (χ0v) is 11.2. The summed E-state index contributed by atoms with van der Waals surface area (Å²) in [7, 11) is 0. The SMILES string of the molecule is Cc1c(O)cccc1C(=O)Nc1ccc(C#N)c(C#N)c1. The van der Waals surface area contributed by atoms with Gasteiger partial charge in [-0.2, -0.15) is 10.5 Å². The van der Waals surface area contributed by atoms with E-state index in [1.807, 2.05) is 12.1 Å². The van der Waals surface area contributed by atoms with Crippen LogP contribution in [0.2, 0.25) is 0 Å². The lowest BCUT2D eigenvalue weighted by molar-refractivity contribution is 0.102. The second-order valence-electron chi connectivity index (χ2n) is 4.39. The molecule has 0 saturated heterocycles. The molecular formula is C16H11N3O2. The number of hydrogen-bond donors (Lipinski definition) is 2. The van der Waals surface area contributed by atoms with Crippen molar-refractivity contribution in [2.75, 3.05) is 5.32 Å². The van der Waals surface area contributed by atoms with E-state index < -0.39 is 5.91 Å². The molecule has 5 heteroatoms. The number of phenolic OH excluding ortho intramolecular Hbond substituents is 1. The van der Waals surface area contributed by atoms with Gasteiger partial charge < -0.3 is 10.4 Å². The Hall–Kier alpha value is -3.31. The quantitative estimate of drug-likeness (QED) is 0.881. The van der Waals surface area contributed by atoms with Gasteiger partial charge >= 0.3 is 0 Å². The molecule has 0 aliphatic heterocycles. The summed E-state index contributed by atoms with van der Waals surface area (Å²) in [6.45, 7) is 1.64. The van der Waals surface area contributed by atoms with E-state index in [0.29, 0.717) is 16.8 Å². The number of nitrogens with zero attached hydrogens (tertiary/aromatic N) is 2. The van der Waals surface area contributed by atoms with E-state index in [1.165, 1.54) is 18.2 Å². The molecule has 0 fully saturated rings. The molecule has 0 aromatic heterocycles. The van der Waals surface area contributed by atoms with Gasteiger partial charge in [-0.05, 0) is 37.3 Å². The topological polar surface area (TPSA) is 96.9 Å². The monoisotopic (exact) mass is 277 g/mol. The molecule has 2 N–H and O–H groups in total. The number of aromatic hydroxyl groups is 1. The van der Waals surface area contributed by atoms with Gasteiger partial charge in [0.1, 0.15) is 17.9 Å². The Morgan fingerprint density at radius 3 is 2.52 bits per heavy atom. The molecule has 0 radical (unpaired) electrons. The average molecular weight is 277 g/mol. The number of carbonyl (C=O) groups excluding carboxylic acids is 1. The van der Waals surface area contributed by atoms with E-state index in [4.69, 9.17) is 10.5 Å². The maximum absolute atomic E-state index is 12.2. The molecule has 2 aromatic rings. The Bertz CT molecular complexity index is 798. The normalized spacial score (nSPS) is 9.48. The first-order chi connectivity index (χ1) is 10.1. The largest absolute Gasteiger partial charge is 0.508 e. The summed E-state index contributed by atoms with van der Waals surface area (Å²) in [4.78, 5) is 12.2. The van der Waals surface area contributed by atoms with Crippen LogP contribution in [-0.2, 0) is 0 Å². The molecule has 102 valence electrons. The molecule has 0 unspecified atom stereocenters.